The molecule has 0 aliphatic heterocycles. The molecule has 6 heteroatoms. The molecular formula is C12H17NO3S2. The monoisotopic (exact) mass is 287 g/mol. The van der Waals surface area contributed by atoms with E-state index in [0.717, 1.165) is 11.3 Å². The van der Waals surface area contributed by atoms with Gasteiger partial charge >= 0.3 is 0 Å². The van der Waals surface area contributed by atoms with Crippen LogP contribution >= 0.6 is 11.8 Å². The highest BCUT2D eigenvalue weighted by atomic mass is 32.2. The molecule has 0 heterocycles. The Kier molecular flexibility index (Phi) is 5.68. The van der Waals surface area contributed by atoms with Gasteiger partial charge in [-0.05, 0) is 19.1 Å². The Bertz CT molecular complexity index is 495. The molecule has 0 aliphatic rings. The lowest BCUT2D eigenvalue weighted by atomic mass is 10.2. The molecule has 0 saturated carbocycles. The lowest BCUT2D eigenvalue weighted by Crippen LogP contribution is -2.15. The molecular weight excluding hydrogens is 270 g/mol. The standard InChI is InChI=1S/C12H17NO3S2/c1-10-3-5-11(6-4-10)13-12(14)9-17-7-8-18(2,15)16/h3-6H,7-9H2,1-2H3,(H,13,14). The maximum Gasteiger partial charge on any atom is 0.234 e. The van der Waals surface area contributed by atoms with Crippen LogP contribution in [0.1, 0.15) is 5.56 Å². The van der Waals surface area contributed by atoms with Gasteiger partial charge in [-0.25, -0.2) is 8.42 Å². The van der Waals surface area contributed by atoms with Crippen LogP contribution in [0.2, 0.25) is 0 Å². The maximum absolute atomic E-state index is 11.5. The molecule has 1 aromatic rings. The average Bonchev–Trinajstić information content (AvgIpc) is 2.26. The molecule has 0 saturated heterocycles. The third-order valence-electron chi connectivity index (χ3n) is 2.17. The first-order valence-corrected chi connectivity index (χ1v) is 8.70. The van der Waals surface area contributed by atoms with Crippen molar-refractivity contribution in [2.45, 2.75) is 6.92 Å². The van der Waals surface area contributed by atoms with E-state index < -0.39 is 9.84 Å². The van der Waals surface area contributed by atoms with E-state index in [0.29, 0.717) is 5.75 Å². The molecule has 0 spiro atoms. The molecule has 0 atom stereocenters. The van der Waals surface area contributed by atoms with E-state index in [2.05, 4.69) is 5.32 Å². The van der Waals surface area contributed by atoms with Crippen molar-refractivity contribution in [2.75, 3.05) is 28.8 Å². The smallest absolute Gasteiger partial charge is 0.234 e. The molecule has 0 aromatic heterocycles. The number of hydrogen-bond donors (Lipinski definition) is 1. The van der Waals surface area contributed by atoms with E-state index in [1.165, 1.54) is 18.0 Å². The number of thioether (sulfide) groups is 1. The number of amides is 1. The van der Waals surface area contributed by atoms with Crippen LogP contribution in [0.4, 0.5) is 5.69 Å². The Morgan fingerprint density at radius 2 is 1.89 bits per heavy atom. The summed E-state index contributed by atoms with van der Waals surface area (Å²) < 4.78 is 21.8. The summed E-state index contributed by atoms with van der Waals surface area (Å²) >= 11 is 1.32. The fraction of sp³-hybridized carbons (Fsp3) is 0.417. The van der Waals surface area contributed by atoms with Crippen LogP contribution in [0.25, 0.3) is 0 Å². The van der Waals surface area contributed by atoms with Gasteiger partial charge in [0.1, 0.15) is 9.84 Å². The van der Waals surface area contributed by atoms with Crippen LogP contribution in [0.5, 0.6) is 0 Å². The van der Waals surface area contributed by atoms with Crippen molar-refractivity contribution in [3.8, 4) is 0 Å². The fourth-order valence-electron chi connectivity index (χ4n) is 1.21. The molecule has 0 unspecified atom stereocenters. The second-order valence-corrected chi connectivity index (χ2v) is 7.46. The second-order valence-electron chi connectivity index (χ2n) is 4.10. The van der Waals surface area contributed by atoms with Gasteiger partial charge in [-0.15, -0.1) is 0 Å². The summed E-state index contributed by atoms with van der Waals surface area (Å²) in [4.78, 5) is 11.5. The van der Waals surface area contributed by atoms with Gasteiger partial charge in [-0.3, -0.25) is 4.79 Å². The van der Waals surface area contributed by atoms with Crippen molar-refractivity contribution in [1.82, 2.24) is 0 Å². The highest BCUT2D eigenvalue weighted by Gasteiger charge is 2.05. The Hall–Kier alpha value is -1.01. The molecule has 0 bridgehead atoms. The lowest BCUT2D eigenvalue weighted by molar-refractivity contribution is -0.113. The zero-order chi connectivity index (χ0) is 13.6. The molecule has 4 nitrogen and oxygen atoms in total. The topological polar surface area (TPSA) is 63.2 Å². The summed E-state index contributed by atoms with van der Waals surface area (Å²) in [6, 6.07) is 7.53. The summed E-state index contributed by atoms with van der Waals surface area (Å²) in [6.07, 6.45) is 1.19. The minimum absolute atomic E-state index is 0.107. The van der Waals surface area contributed by atoms with Crippen LogP contribution in [-0.4, -0.2) is 37.8 Å². The SMILES string of the molecule is Cc1ccc(NC(=O)CSCCS(C)(=O)=O)cc1. The van der Waals surface area contributed by atoms with E-state index in [-0.39, 0.29) is 17.4 Å². The summed E-state index contributed by atoms with van der Waals surface area (Å²) in [7, 11) is -2.94. The normalized spacial score (nSPS) is 11.2. The molecule has 0 aliphatic carbocycles. The van der Waals surface area contributed by atoms with Crippen LogP contribution in [0.15, 0.2) is 24.3 Å². The van der Waals surface area contributed by atoms with E-state index >= 15 is 0 Å². The van der Waals surface area contributed by atoms with Crippen molar-refractivity contribution < 1.29 is 13.2 Å². The second kappa shape index (κ2) is 6.80. The van der Waals surface area contributed by atoms with E-state index in [1.807, 2.05) is 31.2 Å². The quantitative estimate of drug-likeness (QED) is 0.809. The molecule has 0 fully saturated rings. The summed E-state index contributed by atoms with van der Waals surface area (Å²) in [5.74, 6) is 0.705. The number of nitrogens with one attached hydrogen (secondary N) is 1. The van der Waals surface area contributed by atoms with Crippen LogP contribution in [0.3, 0.4) is 0 Å². The number of aryl methyl sites for hydroxylation is 1. The Morgan fingerprint density at radius 3 is 2.44 bits per heavy atom. The minimum atomic E-state index is -2.94. The van der Waals surface area contributed by atoms with E-state index in [4.69, 9.17) is 0 Å². The summed E-state index contributed by atoms with van der Waals surface area (Å²) in [5.41, 5.74) is 1.89. The zero-order valence-electron chi connectivity index (χ0n) is 10.5. The molecule has 18 heavy (non-hydrogen) atoms. The van der Waals surface area contributed by atoms with Crippen molar-refractivity contribution in [2.24, 2.45) is 0 Å². The minimum Gasteiger partial charge on any atom is -0.325 e. The number of hydrogen-bond acceptors (Lipinski definition) is 4. The molecule has 0 radical (unpaired) electrons. The summed E-state index contributed by atoms with van der Waals surface area (Å²) in [6.45, 7) is 1.98. The fourth-order valence-corrected chi connectivity index (χ4v) is 3.29. The molecule has 1 rings (SSSR count). The summed E-state index contributed by atoms with van der Waals surface area (Å²) in [5, 5.41) is 2.76. The zero-order valence-corrected chi connectivity index (χ0v) is 12.1. The van der Waals surface area contributed by atoms with Gasteiger partial charge in [0.2, 0.25) is 5.91 Å². The maximum atomic E-state index is 11.5. The Labute approximate surface area is 112 Å². The number of rotatable bonds is 6. The van der Waals surface area contributed by atoms with Crippen molar-refractivity contribution in [3.63, 3.8) is 0 Å². The molecule has 1 amide bonds. The molecule has 1 aromatic carbocycles. The highest BCUT2D eigenvalue weighted by molar-refractivity contribution is 8.01. The predicted molar refractivity (Wildman–Crippen MR) is 76.8 cm³/mol. The van der Waals surface area contributed by atoms with Gasteiger partial charge < -0.3 is 5.32 Å². The lowest BCUT2D eigenvalue weighted by Gasteiger charge is -2.05. The number of carbonyl (C=O) groups excluding carboxylic acids is 1. The first-order chi connectivity index (χ1) is 8.37. The van der Waals surface area contributed by atoms with Crippen LogP contribution in [0, 0.1) is 6.92 Å². The van der Waals surface area contributed by atoms with Crippen molar-refractivity contribution in [1.29, 1.82) is 0 Å². The van der Waals surface area contributed by atoms with Crippen molar-refractivity contribution >= 4 is 33.2 Å². The number of sulfone groups is 1. The molecule has 1 N–H and O–H groups in total. The number of anilines is 1. The van der Waals surface area contributed by atoms with E-state index in [1.54, 1.807) is 0 Å². The first kappa shape index (κ1) is 15.0. The van der Waals surface area contributed by atoms with Gasteiger partial charge in [0.05, 0.1) is 11.5 Å². The van der Waals surface area contributed by atoms with Crippen LogP contribution < -0.4 is 5.32 Å². The largest absolute Gasteiger partial charge is 0.325 e. The third-order valence-corrected chi connectivity index (χ3v) is 4.33. The molecule has 100 valence electrons. The van der Waals surface area contributed by atoms with Gasteiger partial charge in [0, 0.05) is 17.7 Å². The average molecular weight is 287 g/mol. The Balaban J connectivity index is 2.28. The predicted octanol–water partition coefficient (Wildman–Crippen LogP) is 1.71. The van der Waals surface area contributed by atoms with Crippen LogP contribution in [-0.2, 0) is 14.6 Å². The number of benzene rings is 1. The van der Waals surface area contributed by atoms with E-state index in [9.17, 15) is 13.2 Å². The highest BCUT2D eigenvalue weighted by Crippen LogP contribution is 2.09. The third kappa shape index (κ3) is 6.66. The van der Waals surface area contributed by atoms with Gasteiger partial charge in [0.15, 0.2) is 0 Å². The van der Waals surface area contributed by atoms with Crippen molar-refractivity contribution in [3.05, 3.63) is 29.8 Å². The number of carbonyl (C=O) groups is 1. The van der Waals surface area contributed by atoms with Gasteiger partial charge in [0.25, 0.3) is 0 Å². The van der Waals surface area contributed by atoms with Gasteiger partial charge in [-0.2, -0.15) is 11.8 Å². The Morgan fingerprint density at radius 1 is 1.28 bits per heavy atom. The first-order valence-electron chi connectivity index (χ1n) is 5.49. The van der Waals surface area contributed by atoms with Gasteiger partial charge in [-0.1, -0.05) is 17.7 Å².